The monoisotopic (exact) mass is 309 g/mol. The zero-order chi connectivity index (χ0) is 15.5. The van der Waals surface area contributed by atoms with Gasteiger partial charge < -0.3 is 10.6 Å². The zero-order valence-corrected chi connectivity index (χ0v) is 12.9. The van der Waals surface area contributed by atoms with Crippen LogP contribution in [0.5, 0.6) is 0 Å². The minimum atomic E-state index is -0.307. The van der Waals surface area contributed by atoms with E-state index in [1.807, 2.05) is 30.3 Å². The molecule has 2 aromatic carbocycles. The molecule has 5 heteroatoms. The molecule has 22 heavy (non-hydrogen) atoms. The first-order valence-electron chi connectivity index (χ1n) is 6.82. The second kappa shape index (κ2) is 5.99. The minimum Gasteiger partial charge on any atom is -0.315 e. The van der Waals surface area contributed by atoms with E-state index in [4.69, 9.17) is 0 Å². The molecular weight excluding hydrogens is 294 g/mol. The number of aromatic nitrogens is 1. The summed E-state index contributed by atoms with van der Waals surface area (Å²) in [6.45, 7) is 5.52. The highest BCUT2D eigenvalue weighted by molar-refractivity contribution is 7.21. The molecule has 3 aromatic rings. The third kappa shape index (κ3) is 2.99. The van der Waals surface area contributed by atoms with Crippen LogP contribution in [-0.4, -0.2) is 11.0 Å². The van der Waals surface area contributed by atoms with Crippen molar-refractivity contribution in [2.45, 2.75) is 6.92 Å². The van der Waals surface area contributed by atoms with Crippen LogP contribution < -0.4 is 10.6 Å². The molecule has 0 spiro atoms. The Balaban J connectivity index is 1.84. The van der Waals surface area contributed by atoms with Gasteiger partial charge in [0, 0.05) is 11.3 Å². The fraction of sp³-hybridized carbons (Fsp3) is 0.0588. The maximum absolute atomic E-state index is 11.4. The predicted octanol–water partition coefficient (Wildman–Crippen LogP) is 4.54. The highest BCUT2D eigenvalue weighted by Gasteiger charge is 2.07. The number of nitrogens with zero attached hydrogens (tertiary/aromatic N) is 1. The summed E-state index contributed by atoms with van der Waals surface area (Å²) in [5.41, 5.74) is 4.00. The van der Waals surface area contributed by atoms with Crippen LogP contribution in [0, 0.1) is 6.92 Å². The Morgan fingerprint density at radius 2 is 2.00 bits per heavy atom. The van der Waals surface area contributed by atoms with Crippen LogP contribution in [-0.2, 0) is 0 Å². The molecule has 0 aliphatic heterocycles. The number of rotatable bonds is 3. The number of anilines is 1. The van der Waals surface area contributed by atoms with Gasteiger partial charge in [0.2, 0.25) is 0 Å². The van der Waals surface area contributed by atoms with E-state index in [2.05, 4.69) is 41.3 Å². The average Bonchev–Trinajstić information content (AvgIpc) is 2.91. The van der Waals surface area contributed by atoms with Crippen molar-refractivity contribution in [2.24, 2.45) is 0 Å². The molecule has 0 aliphatic rings. The molecule has 0 aliphatic carbocycles. The van der Waals surface area contributed by atoms with Crippen LogP contribution in [0.15, 0.2) is 55.2 Å². The highest BCUT2D eigenvalue weighted by atomic mass is 32.1. The van der Waals surface area contributed by atoms with E-state index in [9.17, 15) is 4.79 Å². The topological polar surface area (TPSA) is 54.0 Å². The zero-order valence-electron chi connectivity index (χ0n) is 12.1. The Kier molecular flexibility index (Phi) is 3.89. The third-order valence-electron chi connectivity index (χ3n) is 3.17. The van der Waals surface area contributed by atoms with E-state index < -0.39 is 0 Å². The smallest absolute Gasteiger partial charge is 0.315 e. The van der Waals surface area contributed by atoms with Crippen LogP contribution in [0.3, 0.4) is 0 Å². The van der Waals surface area contributed by atoms with Gasteiger partial charge in [-0.3, -0.25) is 0 Å². The van der Waals surface area contributed by atoms with Crippen LogP contribution in [0.4, 0.5) is 10.5 Å². The molecule has 3 rings (SSSR count). The van der Waals surface area contributed by atoms with Crippen molar-refractivity contribution in [1.29, 1.82) is 0 Å². The van der Waals surface area contributed by atoms with Crippen LogP contribution in [0.25, 0.3) is 20.8 Å². The number of hydrogen-bond donors (Lipinski definition) is 2. The predicted molar refractivity (Wildman–Crippen MR) is 92.1 cm³/mol. The van der Waals surface area contributed by atoms with Crippen LogP contribution in [0.1, 0.15) is 5.56 Å². The Morgan fingerprint density at radius 3 is 2.73 bits per heavy atom. The van der Waals surface area contributed by atoms with Gasteiger partial charge >= 0.3 is 6.03 Å². The van der Waals surface area contributed by atoms with Gasteiger partial charge in [-0.1, -0.05) is 12.6 Å². The quantitative estimate of drug-likeness (QED) is 0.746. The van der Waals surface area contributed by atoms with Gasteiger partial charge in [0.05, 0.1) is 10.2 Å². The van der Waals surface area contributed by atoms with Gasteiger partial charge in [-0.25, -0.2) is 9.78 Å². The molecule has 0 bridgehead atoms. The Bertz CT molecular complexity index is 837. The third-order valence-corrected chi connectivity index (χ3v) is 4.23. The Morgan fingerprint density at radius 1 is 1.23 bits per heavy atom. The van der Waals surface area contributed by atoms with E-state index in [0.29, 0.717) is 0 Å². The number of aryl methyl sites for hydroxylation is 1. The summed E-state index contributed by atoms with van der Waals surface area (Å²) in [6, 6.07) is 13.6. The molecular formula is C17H15N3OS. The van der Waals surface area contributed by atoms with Crippen molar-refractivity contribution in [1.82, 2.24) is 10.3 Å². The summed E-state index contributed by atoms with van der Waals surface area (Å²) in [7, 11) is 0. The minimum absolute atomic E-state index is 0.307. The van der Waals surface area contributed by atoms with Crippen molar-refractivity contribution in [3.63, 3.8) is 0 Å². The number of carbonyl (C=O) groups is 1. The molecule has 2 N–H and O–H groups in total. The lowest BCUT2D eigenvalue weighted by Crippen LogP contribution is -2.23. The fourth-order valence-electron chi connectivity index (χ4n) is 2.11. The van der Waals surface area contributed by atoms with Crippen LogP contribution >= 0.6 is 11.3 Å². The first kappa shape index (κ1) is 14.3. The fourth-order valence-corrected chi connectivity index (χ4v) is 3.18. The molecule has 1 heterocycles. The Labute approximate surface area is 132 Å². The molecule has 0 fully saturated rings. The molecule has 110 valence electrons. The van der Waals surface area contributed by atoms with E-state index in [1.165, 1.54) is 16.5 Å². The number of benzene rings is 2. The molecule has 2 amide bonds. The van der Waals surface area contributed by atoms with Gasteiger partial charge in [-0.15, -0.1) is 11.3 Å². The van der Waals surface area contributed by atoms with Gasteiger partial charge in [0.1, 0.15) is 5.01 Å². The standard InChI is InChI=1S/C17H15N3OS/c1-3-18-17(21)19-13-7-5-12(6-8-13)16-20-14-9-4-11(2)10-15(14)22-16/h3-10H,1H2,2H3,(H2,18,19,21). The summed E-state index contributed by atoms with van der Waals surface area (Å²) in [6.07, 6.45) is 1.34. The molecule has 0 radical (unpaired) electrons. The normalized spacial score (nSPS) is 10.4. The van der Waals surface area contributed by atoms with E-state index >= 15 is 0 Å². The average molecular weight is 309 g/mol. The number of fused-ring (bicyclic) bond motifs is 1. The lowest BCUT2D eigenvalue weighted by molar-refractivity contribution is 0.255. The highest BCUT2D eigenvalue weighted by Crippen LogP contribution is 2.31. The van der Waals surface area contributed by atoms with E-state index in [-0.39, 0.29) is 6.03 Å². The molecule has 4 nitrogen and oxygen atoms in total. The number of nitrogens with one attached hydrogen (secondary N) is 2. The summed E-state index contributed by atoms with van der Waals surface area (Å²) in [5.74, 6) is 0. The maximum Gasteiger partial charge on any atom is 0.323 e. The maximum atomic E-state index is 11.4. The molecule has 0 atom stereocenters. The summed E-state index contributed by atoms with van der Waals surface area (Å²) < 4.78 is 1.18. The number of amides is 2. The number of urea groups is 1. The van der Waals surface area contributed by atoms with Gasteiger partial charge in [0.15, 0.2) is 0 Å². The number of thiazole rings is 1. The van der Waals surface area contributed by atoms with Gasteiger partial charge in [-0.05, 0) is 55.1 Å². The number of carbonyl (C=O) groups excluding carboxylic acids is 1. The summed E-state index contributed by atoms with van der Waals surface area (Å²) in [4.78, 5) is 16.1. The lowest BCUT2D eigenvalue weighted by Gasteiger charge is -2.04. The van der Waals surface area contributed by atoms with Gasteiger partial charge in [0.25, 0.3) is 0 Å². The second-order valence-corrected chi connectivity index (χ2v) is 5.90. The first-order valence-corrected chi connectivity index (χ1v) is 7.63. The first-order chi connectivity index (χ1) is 10.7. The van der Waals surface area contributed by atoms with E-state index in [1.54, 1.807) is 11.3 Å². The lowest BCUT2D eigenvalue weighted by atomic mass is 10.2. The van der Waals surface area contributed by atoms with Crippen molar-refractivity contribution < 1.29 is 4.79 Å². The van der Waals surface area contributed by atoms with Gasteiger partial charge in [-0.2, -0.15) is 0 Å². The van der Waals surface area contributed by atoms with E-state index in [0.717, 1.165) is 21.8 Å². The largest absolute Gasteiger partial charge is 0.323 e. The Hall–Kier alpha value is -2.66. The van der Waals surface area contributed by atoms with Crippen molar-refractivity contribution in [3.05, 3.63) is 60.8 Å². The van der Waals surface area contributed by atoms with Crippen molar-refractivity contribution in [3.8, 4) is 10.6 Å². The summed E-state index contributed by atoms with van der Waals surface area (Å²) in [5, 5.41) is 6.16. The SMILES string of the molecule is C=CNC(=O)Nc1ccc(-c2nc3ccc(C)cc3s2)cc1. The molecule has 1 aromatic heterocycles. The molecule has 0 saturated carbocycles. The van der Waals surface area contributed by atoms with Crippen molar-refractivity contribution >= 4 is 33.3 Å². The summed E-state index contributed by atoms with van der Waals surface area (Å²) >= 11 is 1.67. The molecule has 0 unspecified atom stereocenters. The number of hydrogen-bond acceptors (Lipinski definition) is 3. The van der Waals surface area contributed by atoms with Crippen LogP contribution in [0.2, 0.25) is 0 Å². The molecule has 0 saturated heterocycles. The second-order valence-electron chi connectivity index (χ2n) is 4.87. The van der Waals surface area contributed by atoms with Crippen molar-refractivity contribution in [2.75, 3.05) is 5.32 Å².